The highest BCUT2D eigenvalue weighted by Gasteiger charge is 2.39. The summed E-state index contributed by atoms with van der Waals surface area (Å²) in [6.45, 7) is 0. The van der Waals surface area contributed by atoms with Crippen molar-refractivity contribution >= 4 is 15.9 Å². The molecule has 0 saturated carbocycles. The Morgan fingerprint density at radius 2 is 1.61 bits per heavy atom. The van der Waals surface area contributed by atoms with Crippen molar-refractivity contribution < 1.29 is 35.1 Å². The molecule has 2 nitrogen and oxygen atoms in total. The highest BCUT2D eigenvalue weighted by Crippen LogP contribution is 2.40. The maximum absolute atomic E-state index is 13.0. The molecule has 0 radical (unpaired) electrons. The first-order chi connectivity index (χ1) is 10.4. The van der Waals surface area contributed by atoms with E-state index in [1.807, 2.05) is 0 Å². The summed E-state index contributed by atoms with van der Waals surface area (Å²) in [6.07, 6.45) is -13.1. The normalized spacial score (nSPS) is 13.0. The fourth-order valence-electron chi connectivity index (χ4n) is 1.81. The molecule has 0 atom stereocenters. The van der Waals surface area contributed by atoms with Gasteiger partial charge in [-0.05, 0) is 22.0 Å². The summed E-state index contributed by atoms with van der Waals surface area (Å²) >= 11 is 2.50. The first kappa shape index (κ1) is 17.7. The van der Waals surface area contributed by atoms with Crippen molar-refractivity contribution in [1.29, 1.82) is 0 Å². The minimum absolute atomic E-state index is 0.184. The van der Waals surface area contributed by atoms with Gasteiger partial charge in [0, 0.05) is 11.1 Å². The molecule has 1 heterocycles. The zero-order valence-electron chi connectivity index (χ0n) is 10.7. The molecule has 1 N–H and O–H groups in total. The summed E-state index contributed by atoms with van der Waals surface area (Å²) in [7, 11) is 0. The van der Waals surface area contributed by atoms with E-state index >= 15 is 0 Å². The minimum atomic E-state index is -5.04. The Kier molecular flexibility index (Phi) is 4.44. The van der Waals surface area contributed by atoms with Crippen molar-refractivity contribution in [3.63, 3.8) is 0 Å². The van der Waals surface area contributed by atoms with Gasteiger partial charge in [0.2, 0.25) is 0 Å². The van der Waals surface area contributed by atoms with Gasteiger partial charge in [0.1, 0.15) is 10.4 Å². The fraction of sp³-hybridized carbons (Fsp3) is 0.250. The molecular weight excluding hydrogens is 404 g/mol. The number of aromatic nitrogens is 2. The van der Waals surface area contributed by atoms with Crippen LogP contribution in [0, 0.1) is 0 Å². The zero-order chi connectivity index (χ0) is 17.6. The number of nitrogens with one attached hydrogen (secondary N) is 1. The monoisotopic (exact) mass is 408 g/mol. The van der Waals surface area contributed by atoms with Crippen molar-refractivity contribution in [2.45, 2.75) is 18.8 Å². The van der Waals surface area contributed by atoms with Crippen LogP contribution in [0.2, 0.25) is 0 Å². The van der Waals surface area contributed by atoms with E-state index in [1.54, 1.807) is 4.98 Å². The van der Waals surface area contributed by atoms with E-state index < -0.39 is 51.6 Å². The number of hydrogen-bond acceptors (Lipinski definition) is 1. The van der Waals surface area contributed by atoms with E-state index in [2.05, 4.69) is 20.9 Å². The highest BCUT2D eigenvalue weighted by molar-refractivity contribution is 9.10. The second kappa shape index (κ2) is 5.77. The van der Waals surface area contributed by atoms with Gasteiger partial charge in [-0.25, -0.2) is 13.8 Å². The summed E-state index contributed by atoms with van der Waals surface area (Å²) < 4.78 is 101. The smallest absolute Gasteiger partial charge is 0.333 e. The van der Waals surface area contributed by atoms with Gasteiger partial charge in [-0.1, -0.05) is 12.1 Å². The van der Waals surface area contributed by atoms with Crippen molar-refractivity contribution in [2.24, 2.45) is 0 Å². The molecule has 0 aliphatic heterocycles. The molecule has 1 aromatic carbocycles. The Hall–Kier alpha value is -1.65. The van der Waals surface area contributed by atoms with Crippen LogP contribution in [0.25, 0.3) is 11.4 Å². The number of alkyl halides is 8. The summed E-state index contributed by atoms with van der Waals surface area (Å²) in [6, 6.07) is 1.53. The molecule has 0 spiro atoms. The highest BCUT2D eigenvalue weighted by atomic mass is 79.9. The van der Waals surface area contributed by atoms with E-state index in [0.717, 1.165) is 0 Å². The van der Waals surface area contributed by atoms with E-state index in [1.165, 1.54) is 0 Å². The average molecular weight is 409 g/mol. The van der Waals surface area contributed by atoms with Crippen LogP contribution in [-0.2, 0) is 12.4 Å². The van der Waals surface area contributed by atoms with Crippen molar-refractivity contribution in [1.82, 2.24) is 9.97 Å². The number of benzene rings is 1. The minimum Gasteiger partial charge on any atom is -0.333 e. The SMILES string of the molecule is FC(F)c1ccc(-c2nc(Br)c(C(F)(F)F)[nH]2)c(C(F)(F)F)c1. The van der Waals surface area contributed by atoms with Crippen LogP contribution in [0.3, 0.4) is 0 Å². The average Bonchev–Trinajstić information content (AvgIpc) is 2.79. The fourth-order valence-corrected chi connectivity index (χ4v) is 2.31. The van der Waals surface area contributed by atoms with E-state index in [0.29, 0.717) is 12.1 Å². The summed E-state index contributed by atoms with van der Waals surface area (Å²) in [5, 5.41) is 0. The van der Waals surface area contributed by atoms with Crippen LogP contribution in [0.5, 0.6) is 0 Å². The lowest BCUT2D eigenvalue weighted by Crippen LogP contribution is -2.09. The summed E-state index contributed by atoms with van der Waals surface area (Å²) in [4.78, 5) is 5.08. The molecule has 0 unspecified atom stereocenters. The Balaban J connectivity index is 2.64. The third-order valence-corrected chi connectivity index (χ3v) is 3.37. The molecule has 0 saturated heterocycles. The molecule has 0 aliphatic carbocycles. The number of H-pyrrole nitrogens is 1. The number of aromatic amines is 1. The van der Waals surface area contributed by atoms with Gasteiger partial charge < -0.3 is 4.98 Å². The van der Waals surface area contributed by atoms with Gasteiger partial charge in [-0.15, -0.1) is 0 Å². The lowest BCUT2D eigenvalue weighted by molar-refractivity contribution is -0.141. The van der Waals surface area contributed by atoms with Gasteiger partial charge in [0.25, 0.3) is 6.43 Å². The Morgan fingerprint density at radius 1 is 1.00 bits per heavy atom. The zero-order valence-corrected chi connectivity index (χ0v) is 12.2. The topological polar surface area (TPSA) is 28.7 Å². The van der Waals surface area contributed by atoms with Crippen LogP contribution >= 0.6 is 15.9 Å². The lowest BCUT2D eigenvalue weighted by Gasteiger charge is -2.13. The predicted molar refractivity (Wildman–Crippen MR) is 66.7 cm³/mol. The standard InChI is InChI=1S/C12H5BrF8N2/c13-8-7(12(19,20)21)22-10(23-8)5-2-1-4(9(14)15)3-6(5)11(16,17)18/h1-3,9H,(H,22,23). The molecule has 0 fully saturated rings. The predicted octanol–water partition coefficient (Wildman–Crippen LogP) is 5.81. The largest absolute Gasteiger partial charge is 0.433 e. The maximum Gasteiger partial charge on any atom is 0.433 e. The first-order valence-electron chi connectivity index (χ1n) is 5.73. The molecular formula is C12H5BrF8N2. The Bertz CT molecular complexity index is 717. The van der Waals surface area contributed by atoms with E-state index in [4.69, 9.17) is 0 Å². The first-order valence-corrected chi connectivity index (χ1v) is 6.53. The Morgan fingerprint density at radius 3 is 2.04 bits per heavy atom. The van der Waals surface area contributed by atoms with E-state index in [-0.39, 0.29) is 6.07 Å². The van der Waals surface area contributed by atoms with Gasteiger partial charge in [-0.3, -0.25) is 0 Å². The molecule has 23 heavy (non-hydrogen) atoms. The van der Waals surface area contributed by atoms with Crippen molar-refractivity contribution in [3.8, 4) is 11.4 Å². The van der Waals surface area contributed by atoms with Crippen LogP contribution in [0.15, 0.2) is 22.8 Å². The number of hydrogen-bond donors (Lipinski definition) is 1. The van der Waals surface area contributed by atoms with Crippen molar-refractivity contribution in [2.75, 3.05) is 0 Å². The third-order valence-electron chi connectivity index (χ3n) is 2.80. The van der Waals surface area contributed by atoms with Gasteiger partial charge in [-0.2, -0.15) is 26.3 Å². The van der Waals surface area contributed by atoms with Crippen LogP contribution < -0.4 is 0 Å². The second-order valence-electron chi connectivity index (χ2n) is 4.35. The van der Waals surface area contributed by atoms with Gasteiger partial charge in [0.15, 0.2) is 5.69 Å². The van der Waals surface area contributed by atoms with Gasteiger partial charge in [0.05, 0.1) is 5.56 Å². The molecule has 2 rings (SSSR count). The van der Waals surface area contributed by atoms with Crippen LogP contribution in [-0.4, -0.2) is 9.97 Å². The maximum atomic E-state index is 13.0. The Labute approximate surface area is 131 Å². The molecule has 1 aromatic heterocycles. The third kappa shape index (κ3) is 3.65. The van der Waals surface area contributed by atoms with Crippen LogP contribution in [0.4, 0.5) is 35.1 Å². The number of nitrogens with zero attached hydrogens (tertiary/aromatic N) is 1. The van der Waals surface area contributed by atoms with Gasteiger partial charge >= 0.3 is 12.4 Å². The number of imidazole rings is 1. The van der Waals surface area contributed by atoms with Crippen LogP contribution in [0.1, 0.15) is 23.2 Å². The summed E-state index contributed by atoms with van der Waals surface area (Å²) in [5.41, 5.74) is -4.55. The molecule has 11 heteroatoms. The molecule has 0 amide bonds. The number of rotatable bonds is 2. The molecule has 0 bridgehead atoms. The quantitative estimate of drug-likeness (QED) is 0.623. The molecule has 0 aliphatic rings. The van der Waals surface area contributed by atoms with Crippen molar-refractivity contribution in [3.05, 3.63) is 39.6 Å². The summed E-state index contributed by atoms with van der Waals surface area (Å²) in [5.74, 6) is -0.739. The number of halogens is 9. The molecule has 126 valence electrons. The lowest BCUT2D eigenvalue weighted by atomic mass is 10.0. The second-order valence-corrected chi connectivity index (χ2v) is 5.10. The molecule has 2 aromatic rings. The van der Waals surface area contributed by atoms with E-state index in [9.17, 15) is 35.1 Å².